The highest BCUT2D eigenvalue weighted by molar-refractivity contribution is 5.97. The van der Waals surface area contributed by atoms with Gasteiger partial charge in [-0.3, -0.25) is 18.7 Å². The molecule has 1 aromatic heterocycles. The molecule has 0 saturated carbocycles. The Balaban J connectivity index is 2.21. The van der Waals surface area contributed by atoms with Gasteiger partial charge < -0.3 is 5.73 Å². The summed E-state index contributed by atoms with van der Waals surface area (Å²) >= 11 is 0. The second kappa shape index (κ2) is 4.94. The SMILES string of the molecule is Cn1c2c(n(-c3ccc(C(N)=O)cc3)c1=O)CC(C)(C)CC2=O. The lowest BCUT2D eigenvalue weighted by Crippen LogP contribution is -2.29. The third-order valence-corrected chi connectivity index (χ3v) is 4.32. The van der Waals surface area contributed by atoms with Crippen LogP contribution < -0.4 is 11.4 Å². The van der Waals surface area contributed by atoms with Gasteiger partial charge in [0.1, 0.15) is 5.69 Å². The topological polar surface area (TPSA) is 87.1 Å². The molecule has 1 heterocycles. The van der Waals surface area contributed by atoms with Gasteiger partial charge in [0, 0.05) is 19.0 Å². The molecule has 1 aliphatic carbocycles. The first-order valence-electron chi connectivity index (χ1n) is 7.45. The van der Waals surface area contributed by atoms with Crippen molar-refractivity contribution >= 4 is 11.7 Å². The maximum Gasteiger partial charge on any atom is 0.333 e. The monoisotopic (exact) mass is 313 g/mol. The summed E-state index contributed by atoms with van der Waals surface area (Å²) < 4.78 is 2.97. The van der Waals surface area contributed by atoms with E-state index in [1.165, 1.54) is 4.57 Å². The van der Waals surface area contributed by atoms with Crippen LogP contribution in [0.3, 0.4) is 0 Å². The molecule has 0 saturated heterocycles. The van der Waals surface area contributed by atoms with E-state index in [1.807, 2.05) is 13.8 Å². The average molecular weight is 313 g/mol. The van der Waals surface area contributed by atoms with E-state index in [4.69, 9.17) is 5.73 Å². The van der Waals surface area contributed by atoms with Crippen LogP contribution in [0.5, 0.6) is 0 Å². The van der Waals surface area contributed by atoms with Gasteiger partial charge in [-0.1, -0.05) is 13.8 Å². The van der Waals surface area contributed by atoms with Crippen LogP contribution >= 0.6 is 0 Å². The fourth-order valence-corrected chi connectivity index (χ4v) is 3.25. The highest BCUT2D eigenvalue weighted by Crippen LogP contribution is 2.35. The number of nitrogens with zero attached hydrogens (tertiary/aromatic N) is 2. The van der Waals surface area contributed by atoms with Crippen LogP contribution in [0.25, 0.3) is 5.69 Å². The summed E-state index contributed by atoms with van der Waals surface area (Å²) in [6.07, 6.45) is 1.07. The number of hydrogen-bond acceptors (Lipinski definition) is 3. The molecule has 0 aliphatic heterocycles. The molecule has 0 fully saturated rings. The van der Waals surface area contributed by atoms with Crippen LogP contribution in [0, 0.1) is 5.41 Å². The first kappa shape index (κ1) is 15.3. The van der Waals surface area contributed by atoms with E-state index in [-0.39, 0.29) is 16.9 Å². The molecule has 2 aromatic rings. The fourth-order valence-electron chi connectivity index (χ4n) is 3.25. The Kier molecular flexibility index (Phi) is 3.28. The summed E-state index contributed by atoms with van der Waals surface area (Å²) in [5, 5.41) is 0. The first-order valence-corrected chi connectivity index (χ1v) is 7.45. The number of Topliss-reactive ketones (excluding diaryl/α,β-unsaturated/α-hetero) is 1. The van der Waals surface area contributed by atoms with Crippen LogP contribution in [0.15, 0.2) is 29.1 Å². The molecule has 120 valence electrons. The molecule has 2 N–H and O–H groups in total. The molecule has 3 rings (SSSR count). The van der Waals surface area contributed by atoms with Gasteiger partial charge in [-0.2, -0.15) is 0 Å². The van der Waals surface area contributed by atoms with E-state index >= 15 is 0 Å². The number of benzene rings is 1. The Morgan fingerprint density at radius 1 is 1.13 bits per heavy atom. The van der Waals surface area contributed by atoms with E-state index in [0.717, 1.165) is 5.69 Å². The highest BCUT2D eigenvalue weighted by atomic mass is 16.2. The number of rotatable bonds is 2. The Labute approximate surface area is 133 Å². The summed E-state index contributed by atoms with van der Waals surface area (Å²) in [5.74, 6) is -0.529. The summed E-state index contributed by atoms with van der Waals surface area (Å²) in [4.78, 5) is 36.2. The van der Waals surface area contributed by atoms with Gasteiger partial charge in [0.15, 0.2) is 5.78 Å². The van der Waals surface area contributed by atoms with Gasteiger partial charge in [-0.25, -0.2) is 4.79 Å². The Morgan fingerprint density at radius 2 is 1.74 bits per heavy atom. The van der Waals surface area contributed by atoms with Gasteiger partial charge in [-0.15, -0.1) is 0 Å². The quantitative estimate of drug-likeness (QED) is 0.910. The maximum absolute atomic E-state index is 12.6. The lowest BCUT2D eigenvalue weighted by Gasteiger charge is -2.29. The average Bonchev–Trinajstić information content (AvgIpc) is 2.69. The number of fused-ring (bicyclic) bond motifs is 1. The standard InChI is InChI=1S/C17H19N3O3/c1-17(2)8-12-14(13(21)9-17)19(3)16(23)20(12)11-6-4-10(5-7-11)15(18)22/h4-7H,8-9H2,1-3H3,(H2,18,22). The molecule has 1 aromatic carbocycles. The minimum absolute atomic E-state index is 0.0108. The van der Waals surface area contributed by atoms with Crippen molar-refractivity contribution in [2.24, 2.45) is 18.2 Å². The van der Waals surface area contributed by atoms with Crippen LogP contribution in [0.1, 0.15) is 46.8 Å². The Morgan fingerprint density at radius 3 is 2.30 bits per heavy atom. The van der Waals surface area contributed by atoms with Crippen molar-refractivity contribution in [3.63, 3.8) is 0 Å². The molecule has 0 radical (unpaired) electrons. The molecule has 23 heavy (non-hydrogen) atoms. The predicted octanol–water partition coefficient (Wildman–Crippen LogP) is 1.43. The third-order valence-electron chi connectivity index (χ3n) is 4.32. The van der Waals surface area contributed by atoms with Crippen LogP contribution in [0.4, 0.5) is 0 Å². The third kappa shape index (κ3) is 2.40. The number of carbonyl (C=O) groups excluding carboxylic acids is 2. The Hall–Kier alpha value is -2.63. The van der Waals surface area contributed by atoms with Gasteiger partial charge in [-0.05, 0) is 36.1 Å². The highest BCUT2D eigenvalue weighted by Gasteiger charge is 2.36. The zero-order valence-corrected chi connectivity index (χ0v) is 13.4. The van der Waals surface area contributed by atoms with E-state index in [2.05, 4.69) is 0 Å². The van der Waals surface area contributed by atoms with Gasteiger partial charge >= 0.3 is 5.69 Å². The molecule has 1 aliphatic rings. The zero-order valence-electron chi connectivity index (χ0n) is 13.4. The van der Waals surface area contributed by atoms with E-state index in [1.54, 1.807) is 35.9 Å². The second-order valence-corrected chi connectivity index (χ2v) is 6.82. The van der Waals surface area contributed by atoms with Crippen molar-refractivity contribution < 1.29 is 9.59 Å². The number of aromatic nitrogens is 2. The van der Waals surface area contributed by atoms with Crippen molar-refractivity contribution in [3.8, 4) is 5.69 Å². The molecule has 6 nitrogen and oxygen atoms in total. The number of hydrogen-bond donors (Lipinski definition) is 1. The summed E-state index contributed by atoms with van der Waals surface area (Å²) in [6, 6.07) is 6.51. The van der Waals surface area contributed by atoms with E-state index in [9.17, 15) is 14.4 Å². The molecular weight excluding hydrogens is 294 g/mol. The van der Waals surface area contributed by atoms with Crippen LogP contribution in [0.2, 0.25) is 0 Å². The van der Waals surface area contributed by atoms with Crippen molar-refractivity contribution in [3.05, 3.63) is 51.7 Å². The van der Waals surface area contributed by atoms with Crippen molar-refractivity contribution in [2.45, 2.75) is 26.7 Å². The molecule has 0 unspecified atom stereocenters. The number of amides is 1. The van der Waals surface area contributed by atoms with Crippen molar-refractivity contribution in [1.82, 2.24) is 9.13 Å². The number of carbonyl (C=O) groups is 2. The van der Waals surface area contributed by atoms with Crippen LogP contribution in [-0.2, 0) is 13.5 Å². The molecule has 0 atom stereocenters. The summed E-state index contributed by atoms with van der Waals surface area (Å²) in [5.41, 5.74) is 7.01. The summed E-state index contributed by atoms with van der Waals surface area (Å²) in [6.45, 7) is 4.04. The molecule has 0 bridgehead atoms. The normalized spacial score (nSPS) is 16.2. The summed E-state index contributed by atoms with van der Waals surface area (Å²) in [7, 11) is 1.62. The minimum atomic E-state index is -0.518. The number of primary amides is 1. The lowest BCUT2D eigenvalue weighted by atomic mass is 9.77. The zero-order chi connectivity index (χ0) is 16.9. The predicted molar refractivity (Wildman–Crippen MR) is 86.0 cm³/mol. The maximum atomic E-state index is 12.6. The second-order valence-electron chi connectivity index (χ2n) is 6.82. The van der Waals surface area contributed by atoms with Crippen LogP contribution in [-0.4, -0.2) is 20.8 Å². The Bertz CT molecular complexity index is 870. The fraction of sp³-hybridized carbons (Fsp3) is 0.353. The van der Waals surface area contributed by atoms with Gasteiger partial charge in [0.25, 0.3) is 0 Å². The molecule has 1 amide bonds. The minimum Gasteiger partial charge on any atom is -0.366 e. The number of imidazole rings is 1. The molecular formula is C17H19N3O3. The largest absolute Gasteiger partial charge is 0.366 e. The number of nitrogens with two attached hydrogens (primary N) is 1. The van der Waals surface area contributed by atoms with Gasteiger partial charge in [0.05, 0.1) is 11.4 Å². The van der Waals surface area contributed by atoms with E-state index in [0.29, 0.717) is 29.8 Å². The molecule has 6 heteroatoms. The lowest BCUT2D eigenvalue weighted by molar-refractivity contribution is 0.0900. The van der Waals surface area contributed by atoms with Crippen molar-refractivity contribution in [2.75, 3.05) is 0 Å². The number of ketones is 1. The smallest absolute Gasteiger partial charge is 0.333 e. The molecule has 0 spiro atoms. The van der Waals surface area contributed by atoms with Gasteiger partial charge in [0.2, 0.25) is 5.91 Å². The first-order chi connectivity index (χ1) is 10.7. The van der Waals surface area contributed by atoms with E-state index < -0.39 is 5.91 Å². The van der Waals surface area contributed by atoms with Crippen molar-refractivity contribution in [1.29, 1.82) is 0 Å².